The van der Waals surface area contributed by atoms with Crippen molar-refractivity contribution in [3.05, 3.63) is 82.4 Å². The quantitative estimate of drug-likeness (QED) is 0.406. The summed E-state index contributed by atoms with van der Waals surface area (Å²) in [5.41, 5.74) is 0.561. The molecule has 2 aliphatic carbocycles. The number of ether oxygens (including phenoxy) is 1. The lowest BCUT2D eigenvalue weighted by Crippen LogP contribution is -2.47. The number of carbonyl (C=O) groups is 2. The molecule has 2 fully saturated rings. The van der Waals surface area contributed by atoms with Gasteiger partial charge in [-0.1, -0.05) is 12.1 Å². The Morgan fingerprint density at radius 1 is 1.07 bits per heavy atom. The predicted molar refractivity (Wildman–Crippen MR) is 146 cm³/mol. The lowest BCUT2D eigenvalue weighted by atomic mass is 9.84. The molecule has 2 heterocycles. The number of sulfone groups is 1. The van der Waals surface area contributed by atoms with Crippen LogP contribution in [0.2, 0.25) is 0 Å². The molecule has 2 unspecified atom stereocenters. The third-order valence-corrected chi connectivity index (χ3v) is 10.4. The molecule has 1 aromatic heterocycles. The highest BCUT2D eigenvalue weighted by molar-refractivity contribution is 7.90. The first-order valence-electron chi connectivity index (χ1n) is 14.0. The van der Waals surface area contributed by atoms with Crippen molar-refractivity contribution in [2.75, 3.05) is 12.4 Å². The third kappa shape index (κ3) is 5.21. The van der Waals surface area contributed by atoms with Crippen molar-refractivity contribution in [2.24, 2.45) is 17.8 Å². The van der Waals surface area contributed by atoms with Gasteiger partial charge in [0.05, 0.1) is 29.7 Å². The minimum Gasteiger partial charge on any atom is -0.466 e. The molecule has 222 valence electrons. The van der Waals surface area contributed by atoms with Gasteiger partial charge in [-0.15, -0.1) is 0 Å². The van der Waals surface area contributed by atoms with E-state index in [4.69, 9.17) is 4.74 Å². The number of carbonyl (C=O) groups excluding carboxylic acids is 2. The zero-order valence-corrected chi connectivity index (χ0v) is 23.7. The summed E-state index contributed by atoms with van der Waals surface area (Å²) < 4.78 is 75.7. The highest BCUT2D eigenvalue weighted by Crippen LogP contribution is 2.49. The molecule has 12 heteroatoms. The van der Waals surface area contributed by atoms with Crippen LogP contribution in [0, 0.1) is 35.2 Å². The molecule has 3 aliphatic rings. The largest absolute Gasteiger partial charge is 0.466 e. The molecule has 2 saturated carbocycles. The van der Waals surface area contributed by atoms with Gasteiger partial charge in [-0.25, -0.2) is 26.3 Å². The van der Waals surface area contributed by atoms with Gasteiger partial charge in [0.2, 0.25) is 0 Å². The number of halogens is 3. The van der Waals surface area contributed by atoms with Crippen molar-refractivity contribution in [1.82, 2.24) is 15.1 Å². The smallest absolute Gasteiger partial charge is 0.311 e. The average molecular weight is 602 g/mol. The van der Waals surface area contributed by atoms with Gasteiger partial charge in [0.1, 0.15) is 17.3 Å². The Balaban J connectivity index is 1.44. The summed E-state index contributed by atoms with van der Waals surface area (Å²) in [5.74, 6) is -5.33. The topological polar surface area (TPSA) is 107 Å². The number of hydrogen-bond acceptors (Lipinski definition) is 6. The summed E-state index contributed by atoms with van der Waals surface area (Å²) in [6, 6.07) is 8.12. The van der Waals surface area contributed by atoms with Gasteiger partial charge in [-0.2, -0.15) is 5.10 Å². The summed E-state index contributed by atoms with van der Waals surface area (Å²) in [6.45, 7) is 1.92. The number of rotatable bonds is 7. The van der Waals surface area contributed by atoms with E-state index in [2.05, 4.69) is 10.4 Å². The van der Waals surface area contributed by atoms with E-state index >= 15 is 4.39 Å². The van der Waals surface area contributed by atoms with Crippen molar-refractivity contribution in [3.8, 4) is 5.69 Å². The lowest BCUT2D eigenvalue weighted by molar-refractivity contribution is -0.150. The van der Waals surface area contributed by atoms with Gasteiger partial charge in [0.25, 0.3) is 5.91 Å². The van der Waals surface area contributed by atoms with E-state index in [9.17, 15) is 26.8 Å². The zero-order valence-electron chi connectivity index (χ0n) is 22.9. The fourth-order valence-electron chi connectivity index (χ4n) is 7.11. The molecule has 2 aromatic carbocycles. The SMILES string of the molecule is CCOC(=O)[C@@H]1C2CCC(C2)[C@@H]1NC(=O)c1nn(-c2ccc(F)cc2F)c2c1CS(=O)(=O)C[C@H]2Cc1cccc(F)c1. The van der Waals surface area contributed by atoms with E-state index < -0.39 is 56.8 Å². The monoisotopic (exact) mass is 601 g/mol. The van der Waals surface area contributed by atoms with E-state index in [0.717, 1.165) is 25.3 Å². The number of fused-ring (bicyclic) bond motifs is 3. The van der Waals surface area contributed by atoms with Crippen LogP contribution in [0.3, 0.4) is 0 Å². The van der Waals surface area contributed by atoms with Crippen LogP contribution < -0.4 is 5.32 Å². The fraction of sp³-hybridized carbons (Fsp3) is 0.433. The molecule has 0 saturated heterocycles. The van der Waals surface area contributed by atoms with Gasteiger partial charge in [-0.05, 0) is 74.3 Å². The van der Waals surface area contributed by atoms with Gasteiger partial charge < -0.3 is 10.1 Å². The van der Waals surface area contributed by atoms with E-state index in [1.807, 2.05) is 0 Å². The standard InChI is InChI=1S/C30H30F3N3O5S/c1-2-41-30(38)25-17-6-7-18(12-17)26(25)34-29(37)27-22-15-42(39,40)14-19(10-16-4-3-5-20(31)11-16)28(22)36(35-27)24-9-8-21(32)13-23(24)33/h3-5,8-9,11,13,17-19,25-26H,2,6-7,10,12,14-15H2,1H3,(H,34,37)/t17?,18?,19-,25-,26+/m1/s1. The van der Waals surface area contributed by atoms with Crippen molar-refractivity contribution in [1.29, 1.82) is 0 Å². The van der Waals surface area contributed by atoms with Crippen LogP contribution in [-0.4, -0.2) is 48.5 Å². The molecule has 1 aliphatic heterocycles. The number of nitrogens with one attached hydrogen (secondary N) is 1. The minimum atomic E-state index is -3.74. The van der Waals surface area contributed by atoms with Gasteiger partial charge in [0.15, 0.2) is 21.3 Å². The van der Waals surface area contributed by atoms with Crippen LogP contribution in [0.25, 0.3) is 5.69 Å². The second kappa shape index (κ2) is 10.9. The number of hydrogen-bond donors (Lipinski definition) is 1. The number of benzene rings is 2. The highest BCUT2D eigenvalue weighted by atomic mass is 32.2. The van der Waals surface area contributed by atoms with Gasteiger partial charge >= 0.3 is 5.97 Å². The minimum absolute atomic E-state index is 0.0604. The van der Waals surface area contributed by atoms with E-state index in [1.165, 1.54) is 28.9 Å². The molecule has 3 aromatic rings. The van der Waals surface area contributed by atoms with Crippen LogP contribution in [0.5, 0.6) is 0 Å². The second-order valence-corrected chi connectivity index (χ2v) is 13.5. The van der Waals surface area contributed by atoms with Gasteiger partial charge in [-0.3, -0.25) is 9.59 Å². The molecule has 5 atom stereocenters. The molecule has 1 N–H and O–H groups in total. The Kier molecular flexibility index (Phi) is 7.36. The van der Waals surface area contributed by atoms with Crippen molar-refractivity contribution < 1.29 is 35.9 Å². The van der Waals surface area contributed by atoms with Crippen molar-refractivity contribution in [2.45, 2.75) is 50.3 Å². The van der Waals surface area contributed by atoms with E-state index in [1.54, 1.807) is 13.0 Å². The van der Waals surface area contributed by atoms with Crippen LogP contribution in [0.1, 0.15) is 59.4 Å². The van der Waals surface area contributed by atoms with Crippen LogP contribution in [0.15, 0.2) is 42.5 Å². The highest BCUT2D eigenvalue weighted by Gasteiger charge is 2.52. The van der Waals surface area contributed by atoms with Crippen LogP contribution >= 0.6 is 0 Å². The summed E-state index contributed by atoms with van der Waals surface area (Å²) >= 11 is 0. The molecule has 8 nitrogen and oxygen atoms in total. The summed E-state index contributed by atoms with van der Waals surface area (Å²) in [6.07, 6.45) is 2.54. The summed E-state index contributed by atoms with van der Waals surface area (Å²) in [7, 11) is -3.74. The first-order valence-corrected chi connectivity index (χ1v) is 15.9. The zero-order chi connectivity index (χ0) is 29.8. The maximum Gasteiger partial charge on any atom is 0.311 e. The number of nitrogens with zero attached hydrogens (tertiary/aromatic N) is 2. The number of aromatic nitrogens is 2. The lowest BCUT2D eigenvalue weighted by Gasteiger charge is -2.30. The van der Waals surface area contributed by atoms with Crippen molar-refractivity contribution >= 4 is 21.7 Å². The molecular weight excluding hydrogens is 571 g/mol. The summed E-state index contributed by atoms with van der Waals surface area (Å²) in [4.78, 5) is 26.6. The molecule has 2 bridgehead atoms. The number of esters is 1. The van der Waals surface area contributed by atoms with Crippen LogP contribution in [-0.2, 0) is 31.5 Å². The number of amides is 1. The maximum absolute atomic E-state index is 15.1. The molecular formula is C30H30F3N3O5S. The third-order valence-electron chi connectivity index (χ3n) is 8.73. The first-order chi connectivity index (χ1) is 20.0. The van der Waals surface area contributed by atoms with E-state index in [0.29, 0.717) is 17.3 Å². The predicted octanol–water partition coefficient (Wildman–Crippen LogP) is 4.25. The van der Waals surface area contributed by atoms with Gasteiger partial charge in [0, 0.05) is 23.6 Å². The first kappa shape index (κ1) is 28.4. The Bertz CT molecular complexity index is 1670. The fourth-order valence-corrected chi connectivity index (χ4v) is 8.84. The molecule has 6 rings (SSSR count). The Morgan fingerprint density at radius 2 is 1.83 bits per heavy atom. The Labute approximate surface area is 241 Å². The molecule has 0 spiro atoms. The summed E-state index contributed by atoms with van der Waals surface area (Å²) in [5, 5.41) is 7.37. The molecule has 1 amide bonds. The molecule has 42 heavy (non-hydrogen) atoms. The Hall–Kier alpha value is -3.67. The van der Waals surface area contributed by atoms with E-state index in [-0.39, 0.29) is 53.5 Å². The average Bonchev–Trinajstić information content (AvgIpc) is 3.62. The molecule has 0 radical (unpaired) electrons. The second-order valence-electron chi connectivity index (χ2n) is 11.4. The van der Waals surface area contributed by atoms with Crippen LogP contribution in [0.4, 0.5) is 13.2 Å². The normalized spacial score (nSPS) is 25.7. The van der Waals surface area contributed by atoms with Crippen molar-refractivity contribution in [3.63, 3.8) is 0 Å². The Morgan fingerprint density at radius 3 is 2.57 bits per heavy atom. The maximum atomic E-state index is 15.1.